The molecule has 0 aromatic rings. The van der Waals surface area contributed by atoms with Gasteiger partial charge in [0.25, 0.3) is 0 Å². The lowest BCUT2D eigenvalue weighted by Gasteiger charge is -2.18. The summed E-state index contributed by atoms with van der Waals surface area (Å²) in [6, 6.07) is 0. The van der Waals surface area contributed by atoms with Gasteiger partial charge in [0, 0.05) is 11.8 Å². The van der Waals surface area contributed by atoms with Crippen molar-refractivity contribution in [3.8, 4) is 0 Å². The molecule has 0 aromatic carbocycles. The van der Waals surface area contributed by atoms with Gasteiger partial charge >= 0.3 is 0 Å². The van der Waals surface area contributed by atoms with Crippen LogP contribution < -0.4 is 0 Å². The standard InChI is InChI=1S/C11H20O/c1-4-9-6-5-7-10(9)11(12)8(2)3/h8-10H,4-7H2,1-3H3. The Balaban J connectivity index is 2.55. The first-order valence-electron chi connectivity index (χ1n) is 5.20. The first kappa shape index (κ1) is 9.76. The average molecular weight is 168 g/mol. The molecule has 2 unspecified atom stereocenters. The molecule has 0 saturated heterocycles. The Kier molecular flexibility index (Phi) is 3.30. The van der Waals surface area contributed by atoms with E-state index in [4.69, 9.17) is 0 Å². The molecule has 0 spiro atoms. The van der Waals surface area contributed by atoms with Gasteiger partial charge < -0.3 is 0 Å². The van der Waals surface area contributed by atoms with E-state index in [1.54, 1.807) is 0 Å². The van der Waals surface area contributed by atoms with Gasteiger partial charge in [0.2, 0.25) is 0 Å². The van der Waals surface area contributed by atoms with E-state index in [-0.39, 0.29) is 5.92 Å². The van der Waals surface area contributed by atoms with Crippen LogP contribution in [0, 0.1) is 17.8 Å². The molecule has 1 rings (SSSR count). The molecule has 0 bridgehead atoms. The van der Waals surface area contributed by atoms with Crippen molar-refractivity contribution in [3.05, 3.63) is 0 Å². The van der Waals surface area contributed by atoms with Gasteiger partial charge in [-0.2, -0.15) is 0 Å². The molecule has 0 radical (unpaired) electrons. The lowest BCUT2D eigenvalue weighted by Crippen LogP contribution is -2.22. The molecule has 0 N–H and O–H groups in total. The third-order valence-corrected chi connectivity index (χ3v) is 3.12. The summed E-state index contributed by atoms with van der Waals surface area (Å²) in [5.41, 5.74) is 0. The van der Waals surface area contributed by atoms with E-state index in [9.17, 15) is 4.79 Å². The first-order chi connectivity index (χ1) is 5.66. The second-order valence-corrected chi connectivity index (χ2v) is 4.26. The van der Waals surface area contributed by atoms with Crippen LogP contribution in [0.15, 0.2) is 0 Å². The van der Waals surface area contributed by atoms with E-state index >= 15 is 0 Å². The zero-order chi connectivity index (χ0) is 9.14. The Morgan fingerprint density at radius 2 is 2.08 bits per heavy atom. The fourth-order valence-corrected chi connectivity index (χ4v) is 2.33. The molecular formula is C11H20O. The SMILES string of the molecule is CCC1CCCC1C(=O)C(C)C. The van der Waals surface area contributed by atoms with E-state index in [2.05, 4.69) is 6.92 Å². The van der Waals surface area contributed by atoms with E-state index in [0.29, 0.717) is 17.6 Å². The fourth-order valence-electron chi connectivity index (χ4n) is 2.33. The Bertz CT molecular complexity index is 160. The predicted octanol–water partition coefficient (Wildman–Crippen LogP) is 3.04. The Morgan fingerprint density at radius 1 is 1.42 bits per heavy atom. The third kappa shape index (κ3) is 1.88. The number of carbonyl (C=O) groups is 1. The van der Waals surface area contributed by atoms with Gasteiger partial charge in [-0.05, 0) is 18.8 Å². The fraction of sp³-hybridized carbons (Fsp3) is 0.909. The minimum atomic E-state index is 0.238. The summed E-state index contributed by atoms with van der Waals surface area (Å²) in [6.45, 7) is 6.25. The number of Topliss-reactive ketones (excluding diaryl/α,β-unsaturated/α-hetero) is 1. The number of rotatable bonds is 3. The van der Waals surface area contributed by atoms with E-state index < -0.39 is 0 Å². The van der Waals surface area contributed by atoms with Crippen molar-refractivity contribution < 1.29 is 4.79 Å². The average Bonchev–Trinajstić information content (AvgIpc) is 2.49. The van der Waals surface area contributed by atoms with Crippen molar-refractivity contribution in [2.24, 2.45) is 17.8 Å². The summed E-state index contributed by atoms with van der Waals surface area (Å²) in [5, 5.41) is 0. The molecule has 1 aliphatic carbocycles. The van der Waals surface area contributed by atoms with Gasteiger partial charge in [0.15, 0.2) is 0 Å². The van der Waals surface area contributed by atoms with Crippen molar-refractivity contribution in [2.75, 3.05) is 0 Å². The molecule has 0 aliphatic heterocycles. The van der Waals surface area contributed by atoms with Crippen molar-refractivity contribution in [1.82, 2.24) is 0 Å². The van der Waals surface area contributed by atoms with Crippen molar-refractivity contribution in [1.29, 1.82) is 0 Å². The molecule has 1 aliphatic rings. The smallest absolute Gasteiger partial charge is 0.138 e. The number of ketones is 1. The van der Waals surface area contributed by atoms with Crippen LogP contribution in [0.25, 0.3) is 0 Å². The van der Waals surface area contributed by atoms with Gasteiger partial charge in [-0.1, -0.05) is 33.6 Å². The molecule has 1 saturated carbocycles. The molecule has 1 heteroatoms. The molecule has 1 fully saturated rings. The molecule has 70 valence electrons. The molecule has 2 atom stereocenters. The second-order valence-electron chi connectivity index (χ2n) is 4.26. The second kappa shape index (κ2) is 4.06. The Labute approximate surface area is 75.5 Å². The van der Waals surface area contributed by atoms with Crippen molar-refractivity contribution >= 4 is 5.78 Å². The summed E-state index contributed by atoms with van der Waals surface area (Å²) in [6.07, 6.45) is 4.87. The molecule has 12 heavy (non-hydrogen) atoms. The van der Waals surface area contributed by atoms with Gasteiger partial charge in [-0.15, -0.1) is 0 Å². The quantitative estimate of drug-likeness (QED) is 0.633. The maximum absolute atomic E-state index is 11.7. The van der Waals surface area contributed by atoms with Crippen LogP contribution in [0.3, 0.4) is 0 Å². The summed E-state index contributed by atoms with van der Waals surface area (Å²) >= 11 is 0. The van der Waals surface area contributed by atoms with E-state index in [1.807, 2.05) is 13.8 Å². The highest BCUT2D eigenvalue weighted by molar-refractivity contribution is 5.83. The van der Waals surface area contributed by atoms with Crippen LogP contribution in [0.4, 0.5) is 0 Å². The zero-order valence-electron chi connectivity index (χ0n) is 8.47. The number of hydrogen-bond acceptors (Lipinski definition) is 1. The van der Waals surface area contributed by atoms with Gasteiger partial charge in [0.1, 0.15) is 5.78 Å². The monoisotopic (exact) mass is 168 g/mol. The highest BCUT2D eigenvalue weighted by Gasteiger charge is 2.32. The number of hydrogen-bond donors (Lipinski definition) is 0. The van der Waals surface area contributed by atoms with Crippen LogP contribution in [0.2, 0.25) is 0 Å². The summed E-state index contributed by atoms with van der Waals surface area (Å²) in [4.78, 5) is 11.7. The summed E-state index contributed by atoms with van der Waals surface area (Å²) in [7, 11) is 0. The molecular weight excluding hydrogens is 148 g/mol. The third-order valence-electron chi connectivity index (χ3n) is 3.12. The van der Waals surface area contributed by atoms with E-state index in [0.717, 1.165) is 6.42 Å². The minimum Gasteiger partial charge on any atom is -0.299 e. The topological polar surface area (TPSA) is 17.1 Å². The maximum atomic E-state index is 11.7. The summed E-state index contributed by atoms with van der Waals surface area (Å²) in [5.74, 6) is 1.83. The van der Waals surface area contributed by atoms with Crippen LogP contribution in [-0.4, -0.2) is 5.78 Å². The lowest BCUT2D eigenvalue weighted by atomic mass is 9.85. The molecule has 0 aromatic heterocycles. The van der Waals surface area contributed by atoms with Crippen LogP contribution in [0.5, 0.6) is 0 Å². The lowest BCUT2D eigenvalue weighted by molar-refractivity contribution is -0.126. The van der Waals surface area contributed by atoms with Crippen LogP contribution >= 0.6 is 0 Å². The Morgan fingerprint density at radius 3 is 2.58 bits per heavy atom. The molecule has 0 amide bonds. The molecule has 1 nitrogen and oxygen atoms in total. The Hall–Kier alpha value is -0.330. The van der Waals surface area contributed by atoms with Crippen molar-refractivity contribution in [2.45, 2.75) is 46.5 Å². The highest BCUT2D eigenvalue weighted by Crippen LogP contribution is 2.35. The predicted molar refractivity (Wildman–Crippen MR) is 51.0 cm³/mol. The van der Waals surface area contributed by atoms with Crippen LogP contribution in [0.1, 0.15) is 46.5 Å². The number of carbonyl (C=O) groups excluding carboxylic acids is 1. The highest BCUT2D eigenvalue weighted by atomic mass is 16.1. The largest absolute Gasteiger partial charge is 0.299 e. The maximum Gasteiger partial charge on any atom is 0.138 e. The zero-order valence-corrected chi connectivity index (χ0v) is 8.47. The normalized spacial score (nSPS) is 29.7. The van der Waals surface area contributed by atoms with Gasteiger partial charge in [-0.25, -0.2) is 0 Å². The molecule has 0 heterocycles. The van der Waals surface area contributed by atoms with Gasteiger partial charge in [-0.3, -0.25) is 4.79 Å². The van der Waals surface area contributed by atoms with Crippen LogP contribution in [-0.2, 0) is 4.79 Å². The first-order valence-corrected chi connectivity index (χ1v) is 5.20. The van der Waals surface area contributed by atoms with Crippen molar-refractivity contribution in [3.63, 3.8) is 0 Å². The summed E-state index contributed by atoms with van der Waals surface area (Å²) < 4.78 is 0. The minimum absolute atomic E-state index is 0.238. The van der Waals surface area contributed by atoms with E-state index in [1.165, 1.54) is 19.3 Å². The van der Waals surface area contributed by atoms with Gasteiger partial charge in [0.05, 0.1) is 0 Å².